The maximum absolute atomic E-state index is 11.9. The standard InChI is InChI=1S/C19H32N2O2S/c1-5-7-12-23-13-8-11-20-19(22)21-18-10-9-17(14-15(18)3)24-16(4)6-2/h9-10,14,16H,5-8,11-13H2,1-4H3,(H2,20,21,22). The first-order chi connectivity index (χ1) is 11.6. The van der Waals surface area contributed by atoms with Crippen LogP contribution in [0.4, 0.5) is 10.5 Å². The fraction of sp³-hybridized carbons (Fsp3) is 0.632. The van der Waals surface area contributed by atoms with Crippen LogP contribution < -0.4 is 10.6 Å². The molecule has 0 aliphatic rings. The number of thioether (sulfide) groups is 1. The summed E-state index contributed by atoms with van der Waals surface area (Å²) in [4.78, 5) is 13.2. The molecule has 1 unspecified atom stereocenters. The van der Waals surface area contributed by atoms with Crippen LogP contribution in [0.15, 0.2) is 23.1 Å². The van der Waals surface area contributed by atoms with Crippen LogP contribution in [0.25, 0.3) is 0 Å². The summed E-state index contributed by atoms with van der Waals surface area (Å²) in [6.07, 6.45) is 4.22. The number of hydrogen-bond donors (Lipinski definition) is 2. The smallest absolute Gasteiger partial charge is 0.319 e. The van der Waals surface area contributed by atoms with Gasteiger partial charge in [-0.2, -0.15) is 0 Å². The van der Waals surface area contributed by atoms with Gasteiger partial charge in [0.2, 0.25) is 0 Å². The number of nitrogens with one attached hydrogen (secondary N) is 2. The highest BCUT2D eigenvalue weighted by atomic mass is 32.2. The number of ether oxygens (including phenoxy) is 1. The van der Waals surface area contributed by atoms with Crippen LogP contribution in [0.2, 0.25) is 0 Å². The molecule has 2 N–H and O–H groups in total. The SMILES string of the molecule is CCCCOCCCNC(=O)Nc1ccc(SC(C)CC)cc1C. The van der Waals surface area contributed by atoms with Gasteiger partial charge in [0.05, 0.1) is 0 Å². The van der Waals surface area contributed by atoms with Crippen molar-refractivity contribution in [1.29, 1.82) is 0 Å². The minimum atomic E-state index is -0.158. The lowest BCUT2D eigenvalue weighted by molar-refractivity contribution is 0.129. The van der Waals surface area contributed by atoms with Gasteiger partial charge in [-0.05, 0) is 49.9 Å². The maximum atomic E-state index is 11.9. The Morgan fingerprint density at radius 3 is 2.67 bits per heavy atom. The topological polar surface area (TPSA) is 50.4 Å². The number of anilines is 1. The molecule has 1 aromatic rings. The molecule has 1 aromatic carbocycles. The Labute approximate surface area is 151 Å². The lowest BCUT2D eigenvalue weighted by Gasteiger charge is -2.13. The molecule has 0 aliphatic heterocycles. The molecule has 1 rings (SSSR count). The molecule has 0 bridgehead atoms. The normalized spacial score (nSPS) is 12.0. The molecule has 0 radical (unpaired) electrons. The summed E-state index contributed by atoms with van der Waals surface area (Å²) in [6, 6.07) is 6.02. The first-order valence-electron chi connectivity index (χ1n) is 8.96. The number of unbranched alkanes of at least 4 members (excludes halogenated alkanes) is 1. The molecule has 24 heavy (non-hydrogen) atoms. The number of hydrogen-bond acceptors (Lipinski definition) is 3. The number of carbonyl (C=O) groups excluding carboxylic acids is 1. The van der Waals surface area contributed by atoms with Crippen molar-refractivity contribution < 1.29 is 9.53 Å². The first-order valence-corrected chi connectivity index (χ1v) is 9.84. The quantitative estimate of drug-likeness (QED) is 0.424. The average molecular weight is 353 g/mol. The highest BCUT2D eigenvalue weighted by Crippen LogP contribution is 2.28. The van der Waals surface area contributed by atoms with Crippen molar-refractivity contribution in [3.05, 3.63) is 23.8 Å². The van der Waals surface area contributed by atoms with Crippen molar-refractivity contribution in [3.63, 3.8) is 0 Å². The molecular formula is C19H32N2O2S. The van der Waals surface area contributed by atoms with Crippen molar-refractivity contribution in [1.82, 2.24) is 5.32 Å². The van der Waals surface area contributed by atoms with E-state index < -0.39 is 0 Å². The highest BCUT2D eigenvalue weighted by molar-refractivity contribution is 7.99. The summed E-state index contributed by atoms with van der Waals surface area (Å²) in [7, 11) is 0. The summed E-state index contributed by atoms with van der Waals surface area (Å²) in [5.74, 6) is 0. The lowest BCUT2D eigenvalue weighted by Crippen LogP contribution is -2.30. The predicted molar refractivity (Wildman–Crippen MR) is 104 cm³/mol. The zero-order valence-corrected chi connectivity index (χ0v) is 16.3. The minimum absolute atomic E-state index is 0.158. The molecule has 4 nitrogen and oxygen atoms in total. The molecule has 0 aliphatic carbocycles. The third-order valence-electron chi connectivity index (χ3n) is 3.75. The molecule has 1 atom stereocenters. The van der Waals surface area contributed by atoms with Crippen LogP contribution in [0.1, 0.15) is 52.0 Å². The summed E-state index contributed by atoms with van der Waals surface area (Å²) in [6.45, 7) is 10.7. The van der Waals surface area contributed by atoms with Crippen LogP contribution in [-0.4, -0.2) is 31.0 Å². The van der Waals surface area contributed by atoms with Gasteiger partial charge in [-0.3, -0.25) is 0 Å². The Balaban J connectivity index is 2.31. The second kappa shape index (κ2) is 12.2. The fourth-order valence-electron chi connectivity index (χ4n) is 2.06. The van der Waals surface area contributed by atoms with E-state index in [2.05, 4.69) is 43.5 Å². The van der Waals surface area contributed by atoms with Gasteiger partial charge in [-0.1, -0.05) is 27.2 Å². The molecule has 2 amide bonds. The molecule has 136 valence electrons. The first kappa shape index (κ1) is 20.8. The minimum Gasteiger partial charge on any atom is -0.381 e. The Morgan fingerprint density at radius 1 is 1.25 bits per heavy atom. The number of amides is 2. The van der Waals surface area contributed by atoms with E-state index in [0.29, 0.717) is 18.4 Å². The third-order valence-corrected chi connectivity index (χ3v) is 5.01. The summed E-state index contributed by atoms with van der Waals surface area (Å²) in [5.41, 5.74) is 1.95. The Bertz CT molecular complexity index is 494. The number of benzene rings is 1. The van der Waals surface area contributed by atoms with Crippen molar-refractivity contribution >= 4 is 23.5 Å². The maximum Gasteiger partial charge on any atom is 0.319 e. The van der Waals surface area contributed by atoms with E-state index in [-0.39, 0.29) is 6.03 Å². The molecule has 0 saturated heterocycles. The van der Waals surface area contributed by atoms with Gasteiger partial charge in [0.25, 0.3) is 0 Å². The largest absolute Gasteiger partial charge is 0.381 e. The molecule has 0 saturated carbocycles. The van der Waals surface area contributed by atoms with Gasteiger partial charge >= 0.3 is 6.03 Å². The summed E-state index contributed by atoms with van der Waals surface area (Å²) in [5, 5.41) is 6.39. The van der Waals surface area contributed by atoms with Crippen LogP contribution in [0, 0.1) is 6.92 Å². The van der Waals surface area contributed by atoms with E-state index in [0.717, 1.165) is 43.5 Å². The van der Waals surface area contributed by atoms with Gasteiger partial charge in [0.1, 0.15) is 0 Å². The van der Waals surface area contributed by atoms with Crippen LogP contribution >= 0.6 is 11.8 Å². The van der Waals surface area contributed by atoms with E-state index in [1.54, 1.807) is 0 Å². The number of aryl methyl sites for hydroxylation is 1. The van der Waals surface area contributed by atoms with Gasteiger partial charge in [0.15, 0.2) is 0 Å². The molecule has 0 aromatic heterocycles. The number of urea groups is 1. The Morgan fingerprint density at radius 2 is 2.00 bits per heavy atom. The van der Waals surface area contributed by atoms with Crippen LogP contribution in [0.5, 0.6) is 0 Å². The molecule has 0 heterocycles. The average Bonchev–Trinajstić information content (AvgIpc) is 2.56. The zero-order valence-electron chi connectivity index (χ0n) is 15.5. The van der Waals surface area contributed by atoms with Gasteiger partial charge in [0, 0.05) is 35.6 Å². The summed E-state index contributed by atoms with van der Waals surface area (Å²) < 4.78 is 5.47. The summed E-state index contributed by atoms with van der Waals surface area (Å²) >= 11 is 1.87. The Kier molecular flexibility index (Phi) is 10.6. The highest BCUT2D eigenvalue weighted by Gasteiger charge is 2.07. The second-order valence-corrected chi connectivity index (χ2v) is 7.53. The fourth-order valence-corrected chi connectivity index (χ4v) is 3.08. The Hall–Kier alpha value is -1.20. The second-order valence-electron chi connectivity index (χ2n) is 6.01. The van der Waals surface area contributed by atoms with E-state index in [1.165, 1.54) is 4.90 Å². The molecular weight excluding hydrogens is 320 g/mol. The van der Waals surface area contributed by atoms with E-state index in [4.69, 9.17) is 4.74 Å². The van der Waals surface area contributed by atoms with Gasteiger partial charge in [-0.25, -0.2) is 4.79 Å². The van der Waals surface area contributed by atoms with Crippen molar-refractivity contribution in [2.75, 3.05) is 25.1 Å². The predicted octanol–water partition coefficient (Wildman–Crippen LogP) is 5.21. The van der Waals surface area contributed by atoms with Crippen LogP contribution in [-0.2, 0) is 4.74 Å². The zero-order chi connectivity index (χ0) is 17.8. The van der Waals surface area contributed by atoms with E-state index in [1.807, 2.05) is 24.8 Å². The molecule has 0 fully saturated rings. The number of rotatable bonds is 11. The van der Waals surface area contributed by atoms with Crippen LogP contribution in [0.3, 0.4) is 0 Å². The number of carbonyl (C=O) groups is 1. The van der Waals surface area contributed by atoms with Gasteiger partial charge < -0.3 is 15.4 Å². The molecule has 0 spiro atoms. The van der Waals surface area contributed by atoms with E-state index >= 15 is 0 Å². The monoisotopic (exact) mass is 352 g/mol. The third kappa shape index (κ3) is 8.60. The lowest BCUT2D eigenvalue weighted by atomic mass is 10.2. The molecule has 5 heteroatoms. The van der Waals surface area contributed by atoms with Crippen molar-refractivity contribution in [3.8, 4) is 0 Å². The van der Waals surface area contributed by atoms with Crippen molar-refractivity contribution in [2.24, 2.45) is 0 Å². The van der Waals surface area contributed by atoms with Crippen molar-refractivity contribution in [2.45, 2.75) is 63.5 Å². The van der Waals surface area contributed by atoms with E-state index in [9.17, 15) is 4.79 Å². The van der Waals surface area contributed by atoms with Gasteiger partial charge in [-0.15, -0.1) is 11.8 Å².